The van der Waals surface area contributed by atoms with Gasteiger partial charge in [0.25, 0.3) is 0 Å². The summed E-state index contributed by atoms with van der Waals surface area (Å²) < 4.78 is 95.4. The molecule has 0 unspecified atom stereocenters. The molecule has 126 valence electrons. The first-order valence-corrected chi connectivity index (χ1v) is 6.73. The lowest BCUT2D eigenvalue weighted by molar-refractivity contribution is -0.206. The Kier molecular flexibility index (Phi) is 3.57. The van der Waals surface area contributed by atoms with E-state index in [1.807, 2.05) is 0 Å². The molecule has 0 spiro atoms. The molecule has 3 atom stereocenters. The molecule has 1 aromatic carbocycles. The molecule has 0 aromatic heterocycles. The van der Waals surface area contributed by atoms with Crippen LogP contribution in [-0.2, 0) is 16.0 Å². The summed E-state index contributed by atoms with van der Waals surface area (Å²) in [5, 5.41) is 0. The Balaban J connectivity index is 1.92. The summed E-state index contributed by atoms with van der Waals surface area (Å²) in [7, 11) is 0. The topological polar surface area (TPSA) is 26.3 Å². The molecule has 0 aliphatic heterocycles. The lowest BCUT2D eigenvalue weighted by Gasteiger charge is -2.25. The predicted molar refractivity (Wildman–Crippen MR) is 61.4 cm³/mol. The van der Waals surface area contributed by atoms with E-state index in [1.54, 1.807) is 0 Å². The summed E-state index contributed by atoms with van der Waals surface area (Å²) in [6.07, 6.45) is -6.78. The first-order chi connectivity index (χ1) is 10.6. The van der Waals surface area contributed by atoms with Gasteiger partial charge in [-0.05, 0) is 30.7 Å². The molecular weight excluding hydrogens is 333 g/mol. The van der Waals surface area contributed by atoms with Gasteiger partial charge >= 0.3 is 12.1 Å². The molecule has 0 amide bonds. The third kappa shape index (κ3) is 2.46. The van der Waals surface area contributed by atoms with Crippen LogP contribution in [0.15, 0.2) is 0 Å². The van der Waals surface area contributed by atoms with E-state index in [1.165, 1.54) is 0 Å². The fraction of sp³-hybridized carbons (Fsp3) is 0.500. The molecule has 0 N–H and O–H groups in total. The van der Waals surface area contributed by atoms with Gasteiger partial charge in [0, 0.05) is 11.5 Å². The second-order valence-corrected chi connectivity index (χ2v) is 5.72. The zero-order valence-electron chi connectivity index (χ0n) is 11.3. The summed E-state index contributed by atoms with van der Waals surface area (Å²) >= 11 is 0. The molecular formula is C14H9F7O2. The fourth-order valence-electron chi connectivity index (χ4n) is 3.47. The number of benzene rings is 1. The van der Waals surface area contributed by atoms with Gasteiger partial charge in [0.2, 0.25) is 0 Å². The summed E-state index contributed by atoms with van der Waals surface area (Å²) in [6, 6.07) is 0. The fourth-order valence-corrected chi connectivity index (χ4v) is 3.47. The van der Waals surface area contributed by atoms with Crippen molar-refractivity contribution in [3.63, 3.8) is 0 Å². The standard InChI is InChI=1S/C14H9F7O2/c15-9-6-2-4-1-5(8(6)10(16)12(18)11(9)17)3-7(4)23-13(22)14(19,20)21/h4-5,7H,1-3H2/t4-,5-,7+/m0/s1. The number of alkyl halides is 3. The zero-order chi connectivity index (χ0) is 17.1. The number of fused-ring (bicyclic) bond motifs is 4. The summed E-state index contributed by atoms with van der Waals surface area (Å²) in [4.78, 5) is 10.9. The van der Waals surface area contributed by atoms with E-state index >= 15 is 0 Å². The van der Waals surface area contributed by atoms with E-state index < -0.39 is 58.9 Å². The van der Waals surface area contributed by atoms with Crippen LogP contribution in [0.25, 0.3) is 0 Å². The van der Waals surface area contributed by atoms with Gasteiger partial charge in [-0.25, -0.2) is 22.4 Å². The normalized spacial score (nSPS) is 26.1. The first-order valence-electron chi connectivity index (χ1n) is 6.73. The molecule has 3 rings (SSSR count). The second kappa shape index (κ2) is 5.10. The van der Waals surface area contributed by atoms with E-state index in [-0.39, 0.29) is 24.8 Å². The second-order valence-electron chi connectivity index (χ2n) is 5.72. The van der Waals surface area contributed by atoms with Gasteiger partial charge < -0.3 is 4.74 Å². The Morgan fingerprint density at radius 3 is 2.17 bits per heavy atom. The van der Waals surface area contributed by atoms with Crippen molar-refractivity contribution >= 4 is 5.97 Å². The van der Waals surface area contributed by atoms with Crippen LogP contribution in [0.5, 0.6) is 0 Å². The molecule has 0 saturated heterocycles. The van der Waals surface area contributed by atoms with Gasteiger partial charge in [-0.3, -0.25) is 0 Å². The third-order valence-electron chi connectivity index (χ3n) is 4.40. The van der Waals surface area contributed by atoms with E-state index in [0.29, 0.717) is 0 Å². The maximum absolute atomic E-state index is 13.9. The molecule has 2 aliphatic carbocycles. The van der Waals surface area contributed by atoms with Crippen LogP contribution in [-0.4, -0.2) is 18.2 Å². The number of rotatable bonds is 1. The highest BCUT2D eigenvalue weighted by molar-refractivity contribution is 5.75. The lowest BCUT2D eigenvalue weighted by atomic mass is 9.82. The highest BCUT2D eigenvalue weighted by atomic mass is 19.4. The van der Waals surface area contributed by atoms with Crippen LogP contribution in [0.1, 0.15) is 29.9 Å². The average molecular weight is 342 g/mol. The molecule has 1 aromatic rings. The van der Waals surface area contributed by atoms with E-state index in [4.69, 9.17) is 0 Å². The van der Waals surface area contributed by atoms with Crippen molar-refractivity contribution in [3.8, 4) is 0 Å². The van der Waals surface area contributed by atoms with Crippen LogP contribution in [0.2, 0.25) is 0 Å². The van der Waals surface area contributed by atoms with E-state index in [9.17, 15) is 35.5 Å². The first kappa shape index (κ1) is 16.1. The molecule has 2 bridgehead atoms. The Bertz CT molecular complexity index is 683. The van der Waals surface area contributed by atoms with E-state index in [2.05, 4.69) is 4.74 Å². The Morgan fingerprint density at radius 1 is 0.957 bits per heavy atom. The average Bonchev–Trinajstić information content (AvgIpc) is 2.78. The van der Waals surface area contributed by atoms with Crippen molar-refractivity contribution < 1.29 is 40.3 Å². The highest BCUT2D eigenvalue weighted by Gasteiger charge is 2.49. The summed E-state index contributed by atoms with van der Waals surface area (Å²) in [6.45, 7) is 0. The largest absolute Gasteiger partial charge is 0.490 e. The minimum absolute atomic E-state index is 0.115. The minimum atomic E-state index is -5.18. The summed E-state index contributed by atoms with van der Waals surface area (Å²) in [5.74, 6) is -10.9. The third-order valence-corrected chi connectivity index (χ3v) is 4.40. The monoisotopic (exact) mass is 342 g/mol. The number of carbonyl (C=O) groups is 1. The quantitative estimate of drug-likeness (QED) is 0.336. The van der Waals surface area contributed by atoms with Crippen LogP contribution < -0.4 is 0 Å². The lowest BCUT2D eigenvalue weighted by Crippen LogP contribution is -2.32. The molecule has 1 saturated carbocycles. The SMILES string of the molecule is O=C(O[C@@H]1C[C@@H]2C[C@H]1Cc1c(F)c(F)c(F)c(F)c12)C(F)(F)F. The zero-order valence-corrected chi connectivity index (χ0v) is 11.3. The Labute approximate surface area is 125 Å². The number of ether oxygens (including phenoxy) is 1. The van der Waals surface area contributed by atoms with Crippen molar-refractivity contribution in [1.29, 1.82) is 0 Å². The van der Waals surface area contributed by atoms with Gasteiger partial charge in [-0.15, -0.1) is 0 Å². The number of hydrogen-bond acceptors (Lipinski definition) is 2. The molecule has 23 heavy (non-hydrogen) atoms. The number of carbonyl (C=O) groups excluding carboxylic acids is 1. The number of hydrogen-bond donors (Lipinski definition) is 0. The molecule has 2 nitrogen and oxygen atoms in total. The van der Waals surface area contributed by atoms with E-state index in [0.717, 1.165) is 0 Å². The number of halogens is 7. The van der Waals surface area contributed by atoms with Crippen LogP contribution in [0.3, 0.4) is 0 Å². The highest BCUT2D eigenvalue weighted by Crippen LogP contribution is 2.49. The van der Waals surface area contributed by atoms with Crippen molar-refractivity contribution in [2.75, 3.05) is 0 Å². The van der Waals surface area contributed by atoms with Gasteiger partial charge in [-0.2, -0.15) is 13.2 Å². The van der Waals surface area contributed by atoms with Gasteiger partial charge in [0.1, 0.15) is 6.10 Å². The molecule has 1 fully saturated rings. The van der Waals surface area contributed by atoms with Crippen molar-refractivity contribution in [2.45, 2.75) is 37.5 Å². The van der Waals surface area contributed by atoms with Crippen LogP contribution in [0, 0.1) is 29.2 Å². The predicted octanol–water partition coefficient (Wildman–Crippen LogP) is 3.77. The molecule has 2 aliphatic rings. The van der Waals surface area contributed by atoms with Crippen LogP contribution >= 0.6 is 0 Å². The molecule has 0 radical (unpaired) electrons. The van der Waals surface area contributed by atoms with Gasteiger partial charge in [-0.1, -0.05) is 0 Å². The molecule has 0 heterocycles. The van der Waals surface area contributed by atoms with Crippen molar-refractivity contribution in [2.24, 2.45) is 5.92 Å². The smallest absolute Gasteiger partial charge is 0.455 e. The molecule has 9 heteroatoms. The minimum Gasteiger partial charge on any atom is -0.455 e. The van der Waals surface area contributed by atoms with Crippen LogP contribution in [0.4, 0.5) is 30.7 Å². The van der Waals surface area contributed by atoms with Crippen molar-refractivity contribution in [1.82, 2.24) is 0 Å². The number of esters is 1. The maximum Gasteiger partial charge on any atom is 0.490 e. The van der Waals surface area contributed by atoms with Gasteiger partial charge in [0.05, 0.1) is 0 Å². The Morgan fingerprint density at radius 2 is 1.57 bits per heavy atom. The maximum atomic E-state index is 13.9. The Hall–Kier alpha value is -1.80. The van der Waals surface area contributed by atoms with Crippen molar-refractivity contribution in [3.05, 3.63) is 34.4 Å². The van der Waals surface area contributed by atoms with Gasteiger partial charge in [0.15, 0.2) is 23.3 Å². The summed E-state index contributed by atoms with van der Waals surface area (Å²) in [5.41, 5.74) is -0.767.